The van der Waals surface area contributed by atoms with Gasteiger partial charge in [0.15, 0.2) is 0 Å². The smallest absolute Gasteiger partial charge is 0.267 e. The molecule has 0 aliphatic rings. The van der Waals surface area contributed by atoms with Crippen molar-refractivity contribution in [3.63, 3.8) is 0 Å². The molecule has 1 aromatic heterocycles. The van der Waals surface area contributed by atoms with E-state index in [0.29, 0.717) is 5.56 Å². The summed E-state index contributed by atoms with van der Waals surface area (Å²) < 4.78 is 0.870. The zero-order valence-electron chi connectivity index (χ0n) is 9.68. The molecule has 0 fully saturated rings. The predicted molar refractivity (Wildman–Crippen MR) is 78.1 cm³/mol. The van der Waals surface area contributed by atoms with E-state index in [-0.39, 0.29) is 5.91 Å². The van der Waals surface area contributed by atoms with Crippen LogP contribution >= 0.6 is 27.3 Å². The standard InChI is InChI=1S/C13H11BrN2OS/c1-9(12-6-3-7-18-12)15-16-13(17)10-4-2-5-11(14)8-10/h2-8H,1H3,(H,16,17)/b15-9-. The van der Waals surface area contributed by atoms with Gasteiger partial charge in [0.2, 0.25) is 0 Å². The van der Waals surface area contributed by atoms with Crippen LogP contribution in [0.4, 0.5) is 0 Å². The van der Waals surface area contributed by atoms with Crippen LogP contribution in [-0.4, -0.2) is 11.6 Å². The van der Waals surface area contributed by atoms with Gasteiger partial charge < -0.3 is 0 Å². The van der Waals surface area contributed by atoms with Crippen LogP contribution in [0.2, 0.25) is 0 Å². The number of nitrogens with one attached hydrogen (secondary N) is 1. The Bertz CT molecular complexity index is 578. The van der Waals surface area contributed by atoms with Crippen LogP contribution in [0.3, 0.4) is 0 Å². The highest BCUT2D eigenvalue weighted by atomic mass is 79.9. The number of nitrogens with zero attached hydrogens (tertiary/aromatic N) is 1. The van der Waals surface area contributed by atoms with Gasteiger partial charge in [-0.05, 0) is 36.6 Å². The Hall–Kier alpha value is -1.46. The second-order valence-corrected chi connectivity index (χ2v) is 5.49. The van der Waals surface area contributed by atoms with Crippen molar-refractivity contribution in [1.82, 2.24) is 5.43 Å². The van der Waals surface area contributed by atoms with Gasteiger partial charge >= 0.3 is 0 Å². The number of hydrogen-bond acceptors (Lipinski definition) is 3. The fraction of sp³-hybridized carbons (Fsp3) is 0.0769. The Morgan fingerprint density at radius 2 is 2.17 bits per heavy atom. The maximum atomic E-state index is 11.8. The Balaban J connectivity index is 2.07. The quantitative estimate of drug-likeness (QED) is 0.680. The number of hydrazone groups is 1. The summed E-state index contributed by atoms with van der Waals surface area (Å²) in [6.07, 6.45) is 0. The number of benzene rings is 1. The number of halogens is 1. The molecule has 1 amide bonds. The minimum absolute atomic E-state index is 0.216. The maximum absolute atomic E-state index is 11.8. The first kappa shape index (κ1) is 13.0. The summed E-state index contributed by atoms with van der Waals surface area (Å²) >= 11 is 4.92. The van der Waals surface area contributed by atoms with Gasteiger partial charge in [-0.3, -0.25) is 4.79 Å². The average molecular weight is 323 g/mol. The lowest BCUT2D eigenvalue weighted by atomic mass is 10.2. The molecule has 0 saturated carbocycles. The Morgan fingerprint density at radius 3 is 2.83 bits per heavy atom. The van der Waals surface area contributed by atoms with Gasteiger partial charge in [-0.25, -0.2) is 5.43 Å². The number of thiophene rings is 1. The predicted octanol–water partition coefficient (Wildman–Crippen LogP) is 3.66. The third kappa shape index (κ3) is 3.27. The van der Waals surface area contributed by atoms with Crippen molar-refractivity contribution in [2.75, 3.05) is 0 Å². The van der Waals surface area contributed by atoms with E-state index in [0.717, 1.165) is 15.1 Å². The first-order chi connectivity index (χ1) is 8.66. The molecule has 0 spiro atoms. The summed E-state index contributed by atoms with van der Waals surface area (Å²) in [5, 5.41) is 6.06. The normalized spacial score (nSPS) is 11.3. The topological polar surface area (TPSA) is 41.5 Å². The molecule has 3 nitrogen and oxygen atoms in total. The van der Waals surface area contributed by atoms with Crippen molar-refractivity contribution in [2.24, 2.45) is 5.10 Å². The first-order valence-corrected chi connectivity index (χ1v) is 6.98. The van der Waals surface area contributed by atoms with Gasteiger partial charge in [0, 0.05) is 14.9 Å². The summed E-state index contributed by atoms with van der Waals surface area (Å²) in [4.78, 5) is 12.9. The molecule has 2 rings (SSSR count). The highest BCUT2D eigenvalue weighted by Gasteiger charge is 2.05. The van der Waals surface area contributed by atoms with E-state index in [9.17, 15) is 4.79 Å². The second-order valence-electron chi connectivity index (χ2n) is 3.63. The monoisotopic (exact) mass is 322 g/mol. The molecule has 1 N–H and O–H groups in total. The van der Waals surface area contributed by atoms with Crippen LogP contribution in [0, 0.1) is 0 Å². The Kier molecular flexibility index (Phi) is 4.28. The molecule has 0 bridgehead atoms. The summed E-state index contributed by atoms with van der Waals surface area (Å²) in [5.41, 5.74) is 3.92. The van der Waals surface area contributed by atoms with E-state index in [4.69, 9.17) is 0 Å². The lowest BCUT2D eigenvalue weighted by molar-refractivity contribution is 0.0955. The van der Waals surface area contributed by atoms with Crippen molar-refractivity contribution in [3.05, 3.63) is 56.7 Å². The van der Waals surface area contributed by atoms with E-state index < -0.39 is 0 Å². The number of hydrogen-bond donors (Lipinski definition) is 1. The number of carbonyl (C=O) groups is 1. The van der Waals surface area contributed by atoms with E-state index in [1.165, 1.54) is 0 Å². The summed E-state index contributed by atoms with van der Waals surface area (Å²) in [5.74, 6) is -0.216. The molecule has 0 atom stereocenters. The molecule has 0 unspecified atom stereocenters. The summed E-state index contributed by atoms with van der Waals surface area (Å²) in [7, 11) is 0. The molecular formula is C13H11BrN2OS. The molecule has 2 aromatic rings. The van der Waals surface area contributed by atoms with Gasteiger partial charge in [-0.1, -0.05) is 28.1 Å². The number of carbonyl (C=O) groups excluding carboxylic acids is 1. The van der Waals surface area contributed by atoms with Crippen LogP contribution in [0.1, 0.15) is 22.2 Å². The third-order valence-corrected chi connectivity index (χ3v) is 3.76. The Labute approximate surface area is 118 Å². The van der Waals surface area contributed by atoms with Gasteiger partial charge in [0.1, 0.15) is 0 Å². The average Bonchev–Trinajstić information content (AvgIpc) is 2.89. The van der Waals surface area contributed by atoms with Gasteiger partial charge in [-0.2, -0.15) is 5.10 Å². The zero-order chi connectivity index (χ0) is 13.0. The lowest BCUT2D eigenvalue weighted by Gasteiger charge is -2.01. The molecule has 1 aromatic carbocycles. The fourth-order valence-corrected chi connectivity index (χ4v) is 2.44. The zero-order valence-corrected chi connectivity index (χ0v) is 12.1. The molecule has 92 valence electrons. The fourth-order valence-electron chi connectivity index (χ4n) is 1.37. The molecule has 1 heterocycles. The molecule has 0 aliphatic heterocycles. The molecule has 0 saturated heterocycles. The number of rotatable bonds is 3. The van der Waals surface area contributed by atoms with Crippen molar-refractivity contribution in [2.45, 2.75) is 6.92 Å². The maximum Gasteiger partial charge on any atom is 0.271 e. The number of amides is 1. The highest BCUT2D eigenvalue weighted by Crippen LogP contribution is 2.12. The largest absolute Gasteiger partial charge is 0.271 e. The van der Waals surface area contributed by atoms with Crippen LogP contribution in [0.15, 0.2) is 51.4 Å². The second kappa shape index (κ2) is 5.93. The minimum Gasteiger partial charge on any atom is -0.267 e. The van der Waals surface area contributed by atoms with Gasteiger partial charge in [-0.15, -0.1) is 11.3 Å². The van der Waals surface area contributed by atoms with Crippen molar-refractivity contribution in [1.29, 1.82) is 0 Å². The van der Waals surface area contributed by atoms with E-state index in [1.54, 1.807) is 23.5 Å². The van der Waals surface area contributed by atoms with Crippen LogP contribution in [0.25, 0.3) is 0 Å². The van der Waals surface area contributed by atoms with Gasteiger partial charge in [0.25, 0.3) is 5.91 Å². The van der Waals surface area contributed by atoms with Crippen LogP contribution in [0.5, 0.6) is 0 Å². The van der Waals surface area contributed by atoms with Crippen molar-refractivity contribution in [3.8, 4) is 0 Å². The molecule has 5 heteroatoms. The summed E-state index contributed by atoms with van der Waals surface area (Å²) in [6.45, 7) is 1.87. The minimum atomic E-state index is -0.216. The van der Waals surface area contributed by atoms with Crippen LogP contribution in [-0.2, 0) is 0 Å². The molecule has 0 radical (unpaired) electrons. The van der Waals surface area contributed by atoms with E-state index in [1.807, 2.05) is 36.6 Å². The van der Waals surface area contributed by atoms with E-state index >= 15 is 0 Å². The third-order valence-electron chi connectivity index (χ3n) is 2.29. The van der Waals surface area contributed by atoms with Gasteiger partial charge in [0.05, 0.1) is 5.71 Å². The molecule has 0 aliphatic carbocycles. The van der Waals surface area contributed by atoms with Crippen LogP contribution < -0.4 is 5.43 Å². The molecular weight excluding hydrogens is 312 g/mol. The van der Waals surface area contributed by atoms with E-state index in [2.05, 4.69) is 26.5 Å². The van der Waals surface area contributed by atoms with Crippen molar-refractivity contribution < 1.29 is 4.79 Å². The van der Waals surface area contributed by atoms with Crippen molar-refractivity contribution >= 4 is 38.9 Å². The summed E-state index contributed by atoms with van der Waals surface area (Å²) in [6, 6.07) is 11.1. The lowest BCUT2D eigenvalue weighted by Crippen LogP contribution is -2.19. The molecule has 18 heavy (non-hydrogen) atoms. The Morgan fingerprint density at radius 1 is 1.33 bits per heavy atom. The first-order valence-electron chi connectivity index (χ1n) is 5.31. The highest BCUT2D eigenvalue weighted by molar-refractivity contribution is 9.10. The SMILES string of the molecule is C/C(=N/NC(=O)c1cccc(Br)c1)c1cccs1.